The molecule has 27 heavy (non-hydrogen) atoms. The molecule has 0 bridgehead atoms. The topological polar surface area (TPSA) is 57.2 Å². The number of hydrogen-bond donors (Lipinski definition) is 1. The highest BCUT2D eigenvalue weighted by Crippen LogP contribution is 2.38. The summed E-state index contributed by atoms with van der Waals surface area (Å²) in [5.41, 5.74) is 2.50. The summed E-state index contributed by atoms with van der Waals surface area (Å²) < 4.78 is 5.65. The van der Waals surface area contributed by atoms with E-state index in [1.165, 1.54) is 18.4 Å². The molecule has 0 aliphatic carbocycles. The first kappa shape index (κ1) is 18.3. The van der Waals surface area contributed by atoms with Gasteiger partial charge in [-0.1, -0.05) is 12.1 Å². The lowest BCUT2D eigenvalue weighted by molar-refractivity contribution is -0.117. The smallest absolute Gasteiger partial charge is 0.227 e. The van der Waals surface area contributed by atoms with Crippen LogP contribution in [0.5, 0.6) is 0 Å². The average molecular weight is 370 g/mol. The number of hydrogen-bond acceptors (Lipinski definition) is 3. The molecule has 3 aliphatic heterocycles. The van der Waals surface area contributed by atoms with Crippen molar-refractivity contribution in [3.8, 4) is 0 Å². The van der Waals surface area contributed by atoms with Gasteiger partial charge < -0.3 is 19.9 Å². The number of ether oxygens (including phenoxy) is 1. The first-order chi connectivity index (χ1) is 13.2. The summed E-state index contributed by atoms with van der Waals surface area (Å²) in [7, 11) is 0. The minimum Gasteiger partial charge on any atom is -0.381 e. The minimum absolute atomic E-state index is 0.231. The van der Waals surface area contributed by atoms with E-state index in [9.17, 15) is 4.79 Å². The quantitative estimate of drug-likeness (QED) is 0.653. The van der Waals surface area contributed by atoms with Crippen LogP contribution in [0.1, 0.15) is 38.2 Å². The van der Waals surface area contributed by atoms with Gasteiger partial charge in [-0.25, -0.2) is 4.99 Å². The third kappa shape index (κ3) is 3.95. The standard InChI is InChI=1S/C21H30N4O2/c1-2-22-20(24-12-9-21(15-24)10-13-27-16-21)23-14-17-5-7-18(8-6-17)25-11-3-4-19(25)26/h5-8H,2-4,9-16H2,1H3,(H,22,23). The molecule has 1 aromatic rings. The molecule has 1 atom stereocenters. The number of anilines is 1. The maximum Gasteiger partial charge on any atom is 0.227 e. The summed E-state index contributed by atoms with van der Waals surface area (Å²) in [6, 6.07) is 8.26. The Kier molecular flexibility index (Phi) is 5.34. The Bertz CT molecular complexity index is 695. The highest BCUT2D eigenvalue weighted by atomic mass is 16.5. The van der Waals surface area contributed by atoms with Gasteiger partial charge in [-0.15, -0.1) is 0 Å². The number of likely N-dealkylation sites (tertiary alicyclic amines) is 1. The maximum absolute atomic E-state index is 11.9. The minimum atomic E-state index is 0.231. The van der Waals surface area contributed by atoms with Crippen molar-refractivity contribution in [3.63, 3.8) is 0 Å². The molecule has 3 saturated heterocycles. The van der Waals surface area contributed by atoms with E-state index < -0.39 is 0 Å². The lowest BCUT2D eigenvalue weighted by Gasteiger charge is -2.25. The second kappa shape index (κ2) is 7.89. The van der Waals surface area contributed by atoms with E-state index in [-0.39, 0.29) is 5.91 Å². The van der Waals surface area contributed by atoms with E-state index in [0.717, 1.165) is 57.5 Å². The number of nitrogens with one attached hydrogen (secondary N) is 1. The predicted octanol–water partition coefficient (Wildman–Crippen LogP) is 2.39. The van der Waals surface area contributed by atoms with Crippen LogP contribution in [0.25, 0.3) is 0 Å². The SMILES string of the molecule is CCNC(=NCc1ccc(N2CCCC2=O)cc1)N1CCC2(CCOC2)C1. The van der Waals surface area contributed by atoms with Gasteiger partial charge in [-0.3, -0.25) is 4.79 Å². The van der Waals surface area contributed by atoms with E-state index in [1.54, 1.807) is 0 Å². The molecule has 3 fully saturated rings. The number of guanidine groups is 1. The van der Waals surface area contributed by atoms with Crippen molar-refractivity contribution in [1.82, 2.24) is 10.2 Å². The van der Waals surface area contributed by atoms with Crippen molar-refractivity contribution < 1.29 is 9.53 Å². The van der Waals surface area contributed by atoms with Crippen LogP contribution < -0.4 is 10.2 Å². The molecule has 1 amide bonds. The third-order valence-electron chi connectivity index (χ3n) is 5.99. The normalized spacial score (nSPS) is 25.8. The van der Waals surface area contributed by atoms with Gasteiger partial charge in [0.2, 0.25) is 5.91 Å². The lowest BCUT2D eigenvalue weighted by atomic mass is 9.87. The molecule has 0 aromatic heterocycles. The van der Waals surface area contributed by atoms with Gasteiger partial charge in [0.25, 0.3) is 0 Å². The summed E-state index contributed by atoms with van der Waals surface area (Å²) in [6.45, 7) is 8.33. The second-order valence-corrected chi connectivity index (χ2v) is 7.96. The molecule has 3 aliphatic rings. The van der Waals surface area contributed by atoms with Crippen molar-refractivity contribution in [2.24, 2.45) is 10.4 Å². The van der Waals surface area contributed by atoms with Crippen molar-refractivity contribution >= 4 is 17.6 Å². The highest BCUT2D eigenvalue weighted by Gasteiger charge is 2.42. The largest absolute Gasteiger partial charge is 0.381 e. The summed E-state index contributed by atoms with van der Waals surface area (Å²) in [5.74, 6) is 1.23. The van der Waals surface area contributed by atoms with Gasteiger partial charge >= 0.3 is 0 Å². The van der Waals surface area contributed by atoms with Gasteiger partial charge in [0.15, 0.2) is 5.96 Å². The van der Waals surface area contributed by atoms with Crippen molar-refractivity contribution in [3.05, 3.63) is 29.8 Å². The molecule has 6 heteroatoms. The predicted molar refractivity (Wildman–Crippen MR) is 107 cm³/mol. The van der Waals surface area contributed by atoms with Crippen LogP contribution in [0.4, 0.5) is 5.69 Å². The molecule has 146 valence electrons. The molecule has 1 unspecified atom stereocenters. The van der Waals surface area contributed by atoms with Gasteiger partial charge in [0.05, 0.1) is 13.2 Å². The monoisotopic (exact) mass is 370 g/mol. The zero-order valence-corrected chi connectivity index (χ0v) is 16.2. The van der Waals surface area contributed by atoms with Crippen LogP contribution in [-0.4, -0.2) is 56.2 Å². The third-order valence-corrected chi connectivity index (χ3v) is 5.99. The van der Waals surface area contributed by atoms with Gasteiger partial charge in [-0.2, -0.15) is 0 Å². The summed E-state index contributed by atoms with van der Waals surface area (Å²) in [5, 5.41) is 3.45. The fraction of sp³-hybridized carbons (Fsp3) is 0.619. The van der Waals surface area contributed by atoms with Crippen LogP contribution in [0.2, 0.25) is 0 Å². The van der Waals surface area contributed by atoms with Crippen molar-refractivity contribution in [2.75, 3.05) is 44.3 Å². The van der Waals surface area contributed by atoms with Gasteiger partial charge in [-0.05, 0) is 43.9 Å². The Morgan fingerprint density at radius 3 is 2.78 bits per heavy atom. The van der Waals surface area contributed by atoms with Gasteiger partial charge in [0.1, 0.15) is 0 Å². The summed E-state index contributed by atoms with van der Waals surface area (Å²) in [4.78, 5) is 21.0. The first-order valence-corrected chi connectivity index (χ1v) is 10.2. The molecule has 0 saturated carbocycles. The summed E-state index contributed by atoms with van der Waals surface area (Å²) in [6.07, 6.45) is 3.98. The number of carbonyl (C=O) groups excluding carboxylic acids is 1. The number of aliphatic imine (C=N–C) groups is 1. The molecular formula is C21H30N4O2. The van der Waals surface area contributed by atoms with E-state index in [2.05, 4.69) is 29.3 Å². The Morgan fingerprint density at radius 2 is 2.11 bits per heavy atom. The zero-order valence-electron chi connectivity index (χ0n) is 16.2. The van der Waals surface area contributed by atoms with E-state index in [0.29, 0.717) is 18.4 Å². The van der Waals surface area contributed by atoms with Gasteiger partial charge in [0, 0.05) is 50.3 Å². The van der Waals surface area contributed by atoms with Crippen molar-refractivity contribution in [1.29, 1.82) is 0 Å². The number of amides is 1. The molecule has 1 N–H and O–H groups in total. The van der Waals surface area contributed by atoms with E-state index >= 15 is 0 Å². The maximum atomic E-state index is 11.9. The van der Waals surface area contributed by atoms with Crippen LogP contribution in [0.15, 0.2) is 29.3 Å². The molecule has 1 aromatic carbocycles. The number of benzene rings is 1. The Morgan fingerprint density at radius 1 is 1.26 bits per heavy atom. The average Bonchev–Trinajstić information content (AvgIpc) is 3.42. The molecular weight excluding hydrogens is 340 g/mol. The highest BCUT2D eigenvalue weighted by molar-refractivity contribution is 5.95. The molecule has 0 radical (unpaired) electrons. The second-order valence-electron chi connectivity index (χ2n) is 7.96. The summed E-state index contributed by atoms with van der Waals surface area (Å²) >= 11 is 0. The Hall–Kier alpha value is -2.08. The number of nitrogens with zero attached hydrogens (tertiary/aromatic N) is 3. The fourth-order valence-electron chi connectivity index (χ4n) is 4.38. The Labute approximate surface area is 161 Å². The Balaban J connectivity index is 1.41. The molecule has 3 heterocycles. The van der Waals surface area contributed by atoms with Crippen LogP contribution in [-0.2, 0) is 16.1 Å². The molecule has 4 rings (SSSR count). The number of rotatable bonds is 4. The van der Waals surface area contributed by atoms with Crippen molar-refractivity contribution in [2.45, 2.75) is 39.2 Å². The van der Waals surface area contributed by atoms with E-state index in [4.69, 9.17) is 9.73 Å². The van der Waals surface area contributed by atoms with Crippen LogP contribution >= 0.6 is 0 Å². The first-order valence-electron chi connectivity index (χ1n) is 10.2. The van der Waals surface area contributed by atoms with E-state index in [1.807, 2.05) is 17.0 Å². The molecule has 1 spiro atoms. The van der Waals surface area contributed by atoms with Crippen LogP contribution in [0.3, 0.4) is 0 Å². The lowest BCUT2D eigenvalue weighted by Crippen LogP contribution is -2.41. The number of carbonyl (C=O) groups is 1. The zero-order chi connectivity index (χ0) is 18.7. The fourth-order valence-corrected chi connectivity index (χ4v) is 4.38. The van der Waals surface area contributed by atoms with Crippen LogP contribution in [0, 0.1) is 5.41 Å². The molecule has 6 nitrogen and oxygen atoms in total.